The Morgan fingerprint density at radius 2 is 2.38 bits per heavy atom. The number of carbonyl (C=O) groups is 1. The number of hydrogen-bond acceptors (Lipinski definition) is 3. The summed E-state index contributed by atoms with van der Waals surface area (Å²) < 4.78 is 1.84. The lowest BCUT2D eigenvalue weighted by atomic mass is 9.92. The normalized spacial score (nSPS) is 27.0. The molecule has 2 unspecified atom stereocenters. The van der Waals surface area contributed by atoms with Crippen LogP contribution in [0.15, 0.2) is 12.3 Å². The van der Waals surface area contributed by atoms with Gasteiger partial charge in [0.15, 0.2) is 0 Å². The lowest BCUT2D eigenvalue weighted by Crippen LogP contribution is -2.60. The summed E-state index contributed by atoms with van der Waals surface area (Å²) in [5.74, 6) is -0.00585. The van der Waals surface area contributed by atoms with E-state index >= 15 is 0 Å². The zero-order valence-corrected chi connectivity index (χ0v) is 8.97. The molecule has 13 heavy (non-hydrogen) atoms. The lowest BCUT2D eigenvalue weighted by Gasteiger charge is -2.48. The molecule has 0 aromatic heterocycles. The first-order valence-corrected chi connectivity index (χ1v) is 4.92. The monoisotopic (exact) mass is 200 g/mol. The zero-order chi connectivity index (χ0) is 10.0. The van der Waals surface area contributed by atoms with E-state index in [1.807, 2.05) is 4.31 Å². The number of hydrogen-bond donors (Lipinski definition) is 2. The molecular formula is C9H16N2OS. The number of amides is 1. The second-order valence-corrected chi connectivity index (χ2v) is 3.80. The van der Waals surface area contributed by atoms with Crippen LogP contribution in [0.3, 0.4) is 0 Å². The topological polar surface area (TPSA) is 32.3 Å². The van der Waals surface area contributed by atoms with Gasteiger partial charge in [0.25, 0.3) is 0 Å². The van der Waals surface area contributed by atoms with Gasteiger partial charge in [-0.25, -0.2) is 0 Å². The van der Waals surface area contributed by atoms with E-state index < -0.39 is 0 Å². The fourth-order valence-electron chi connectivity index (χ4n) is 1.62. The van der Waals surface area contributed by atoms with Crippen molar-refractivity contribution in [3.8, 4) is 0 Å². The van der Waals surface area contributed by atoms with Gasteiger partial charge < -0.3 is 9.62 Å². The first-order chi connectivity index (χ1) is 6.07. The maximum atomic E-state index is 10.9. The second kappa shape index (κ2) is 4.05. The van der Waals surface area contributed by atoms with E-state index in [-0.39, 0.29) is 11.9 Å². The van der Waals surface area contributed by atoms with Gasteiger partial charge in [-0.2, -0.15) is 0 Å². The van der Waals surface area contributed by atoms with Gasteiger partial charge in [-0.15, -0.1) is 0 Å². The third-order valence-electron chi connectivity index (χ3n) is 2.30. The molecule has 0 radical (unpaired) electrons. The van der Waals surface area contributed by atoms with Crippen LogP contribution in [0.25, 0.3) is 0 Å². The molecule has 1 saturated heterocycles. The lowest BCUT2D eigenvalue weighted by molar-refractivity contribution is -0.120. The summed E-state index contributed by atoms with van der Waals surface area (Å²) in [6.07, 6.45) is 2.12. The van der Waals surface area contributed by atoms with Crippen LogP contribution in [0.2, 0.25) is 0 Å². The molecule has 4 heteroatoms. The van der Waals surface area contributed by atoms with Gasteiger partial charge >= 0.3 is 0 Å². The van der Waals surface area contributed by atoms with Crippen LogP contribution < -0.4 is 5.32 Å². The minimum absolute atomic E-state index is 0.00585. The number of thiol groups is 1. The minimum Gasteiger partial charge on any atom is -0.346 e. The summed E-state index contributed by atoms with van der Waals surface area (Å²) in [5, 5.41) is 2.87. The number of nitrogens with zero attached hydrogens (tertiary/aromatic N) is 1. The van der Waals surface area contributed by atoms with Crippen molar-refractivity contribution in [1.82, 2.24) is 9.62 Å². The molecule has 1 aliphatic rings. The predicted molar refractivity (Wildman–Crippen MR) is 56.3 cm³/mol. The Morgan fingerprint density at radius 1 is 1.77 bits per heavy atom. The highest BCUT2D eigenvalue weighted by Gasteiger charge is 2.40. The van der Waals surface area contributed by atoms with Crippen LogP contribution in [0.5, 0.6) is 0 Å². The number of rotatable bonds is 3. The Balaban J connectivity index is 2.52. The average molecular weight is 200 g/mol. The maximum Gasteiger partial charge on any atom is 0.217 e. The molecule has 1 rings (SSSR count). The van der Waals surface area contributed by atoms with Crippen molar-refractivity contribution in [1.29, 1.82) is 0 Å². The van der Waals surface area contributed by atoms with E-state index in [2.05, 4.69) is 31.6 Å². The minimum atomic E-state index is -0.00585. The Labute approximate surface area is 84.7 Å². The molecule has 0 bridgehead atoms. The molecule has 0 spiro atoms. The summed E-state index contributed by atoms with van der Waals surface area (Å²) in [6, 6.07) is 0.402. The zero-order valence-electron chi connectivity index (χ0n) is 8.08. The number of nitrogens with one attached hydrogen (secondary N) is 1. The molecule has 1 amide bonds. The molecule has 1 fully saturated rings. The van der Waals surface area contributed by atoms with E-state index in [0.29, 0.717) is 6.04 Å². The van der Waals surface area contributed by atoms with Crippen LogP contribution in [0.4, 0.5) is 0 Å². The molecular weight excluding hydrogens is 184 g/mol. The Kier molecular flexibility index (Phi) is 3.25. The standard InChI is InChI=1S/C9H16N2OS/c1-4-5-8-9(10-7(3)12)6(2)11(8)13/h8-9,13H,2,4-5H2,1,3H3,(H,10,12). The SMILES string of the molecule is C=C1C(NC(C)=O)C(CCC)N1S. The van der Waals surface area contributed by atoms with Crippen molar-refractivity contribution < 1.29 is 4.79 Å². The summed E-state index contributed by atoms with van der Waals surface area (Å²) in [4.78, 5) is 10.9. The van der Waals surface area contributed by atoms with Gasteiger partial charge in [-0.05, 0) is 6.42 Å². The van der Waals surface area contributed by atoms with Crippen LogP contribution in [0.1, 0.15) is 26.7 Å². The highest BCUT2D eigenvalue weighted by atomic mass is 32.1. The van der Waals surface area contributed by atoms with E-state index in [0.717, 1.165) is 18.5 Å². The average Bonchev–Trinajstić information content (AvgIpc) is 2.10. The van der Waals surface area contributed by atoms with Crippen LogP contribution in [-0.2, 0) is 4.79 Å². The third kappa shape index (κ3) is 1.99. The predicted octanol–water partition coefficient (Wildman–Crippen LogP) is 1.33. The molecule has 1 heterocycles. The summed E-state index contributed by atoms with van der Waals surface area (Å²) >= 11 is 4.27. The first kappa shape index (κ1) is 10.4. The molecule has 0 aliphatic carbocycles. The van der Waals surface area contributed by atoms with E-state index in [1.165, 1.54) is 6.92 Å². The van der Waals surface area contributed by atoms with Crippen molar-refractivity contribution >= 4 is 18.7 Å². The van der Waals surface area contributed by atoms with Crippen molar-refractivity contribution in [3.05, 3.63) is 12.3 Å². The summed E-state index contributed by atoms with van der Waals surface area (Å²) in [5.41, 5.74) is 0.886. The first-order valence-electron chi connectivity index (χ1n) is 4.52. The molecule has 3 nitrogen and oxygen atoms in total. The van der Waals surface area contributed by atoms with Gasteiger partial charge in [0.1, 0.15) is 0 Å². The van der Waals surface area contributed by atoms with Crippen molar-refractivity contribution in [2.24, 2.45) is 0 Å². The van der Waals surface area contributed by atoms with Crippen LogP contribution in [0, 0.1) is 0 Å². The second-order valence-electron chi connectivity index (χ2n) is 3.37. The number of carbonyl (C=O) groups excluding carboxylic acids is 1. The molecule has 1 N–H and O–H groups in total. The van der Waals surface area contributed by atoms with Gasteiger partial charge in [0.05, 0.1) is 12.1 Å². The third-order valence-corrected chi connectivity index (χ3v) is 2.85. The van der Waals surface area contributed by atoms with E-state index in [4.69, 9.17) is 0 Å². The molecule has 74 valence electrons. The fourth-order valence-corrected chi connectivity index (χ4v) is 1.99. The quantitative estimate of drug-likeness (QED) is 0.674. The maximum absolute atomic E-state index is 10.9. The van der Waals surface area contributed by atoms with E-state index in [1.54, 1.807) is 0 Å². The fraction of sp³-hybridized carbons (Fsp3) is 0.667. The van der Waals surface area contributed by atoms with Crippen LogP contribution >= 0.6 is 12.8 Å². The van der Waals surface area contributed by atoms with Crippen molar-refractivity contribution in [3.63, 3.8) is 0 Å². The van der Waals surface area contributed by atoms with Gasteiger partial charge in [0.2, 0.25) is 5.91 Å². The van der Waals surface area contributed by atoms with Crippen molar-refractivity contribution in [2.45, 2.75) is 38.8 Å². The van der Waals surface area contributed by atoms with Gasteiger partial charge in [0, 0.05) is 12.6 Å². The van der Waals surface area contributed by atoms with Crippen LogP contribution in [-0.4, -0.2) is 22.3 Å². The summed E-state index contributed by atoms with van der Waals surface area (Å²) in [7, 11) is 0. The van der Waals surface area contributed by atoms with E-state index in [9.17, 15) is 4.79 Å². The molecule has 1 aliphatic heterocycles. The van der Waals surface area contributed by atoms with Crippen molar-refractivity contribution in [2.75, 3.05) is 0 Å². The summed E-state index contributed by atoms with van der Waals surface area (Å²) in [6.45, 7) is 7.49. The van der Waals surface area contributed by atoms with Gasteiger partial charge in [-0.3, -0.25) is 4.79 Å². The Hall–Kier alpha value is -0.640. The highest BCUT2D eigenvalue weighted by Crippen LogP contribution is 2.33. The molecule has 0 aromatic carbocycles. The van der Waals surface area contributed by atoms with Gasteiger partial charge in [-0.1, -0.05) is 32.7 Å². The molecule has 2 atom stereocenters. The molecule has 0 saturated carbocycles. The Morgan fingerprint density at radius 3 is 2.85 bits per heavy atom. The Bertz CT molecular complexity index is 230. The largest absolute Gasteiger partial charge is 0.346 e. The molecule has 0 aromatic rings. The highest BCUT2D eigenvalue weighted by molar-refractivity contribution is 7.78. The smallest absolute Gasteiger partial charge is 0.217 e.